The summed E-state index contributed by atoms with van der Waals surface area (Å²) in [6, 6.07) is 0. The summed E-state index contributed by atoms with van der Waals surface area (Å²) < 4.78 is 0. The van der Waals surface area contributed by atoms with Crippen molar-refractivity contribution in [2.75, 3.05) is 0 Å². The first-order valence-electron chi connectivity index (χ1n) is 18.6. The molecule has 0 heterocycles. The van der Waals surface area contributed by atoms with Gasteiger partial charge in [-0.3, -0.25) is 0 Å². The highest BCUT2D eigenvalue weighted by molar-refractivity contribution is 6.88. The fourth-order valence-electron chi connectivity index (χ4n) is 10.6. The van der Waals surface area contributed by atoms with Gasteiger partial charge in [-0.05, 0) is 97.6 Å². The van der Waals surface area contributed by atoms with E-state index in [4.69, 9.17) is 0 Å². The SMILES string of the molecule is CCC(C)C1CCC(C=CC2CCC(C=C[Si](C3CCCCC3)(C3CCCCC3)C3CCCCC3)CC2)CC1. The lowest BCUT2D eigenvalue weighted by atomic mass is 9.75. The van der Waals surface area contributed by atoms with Gasteiger partial charge in [0.1, 0.15) is 0 Å². The molecule has 5 saturated carbocycles. The molecule has 222 valence electrons. The van der Waals surface area contributed by atoms with Crippen LogP contribution in [0.25, 0.3) is 0 Å². The maximum Gasteiger partial charge on any atom is 0.0866 e. The lowest BCUT2D eigenvalue weighted by Crippen LogP contribution is -2.50. The first-order valence-corrected chi connectivity index (χ1v) is 20.9. The average Bonchev–Trinajstić information content (AvgIpc) is 3.02. The van der Waals surface area contributed by atoms with E-state index in [1.807, 2.05) is 0 Å². The van der Waals surface area contributed by atoms with Crippen molar-refractivity contribution in [3.63, 3.8) is 0 Å². The molecule has 0 nitrogen and oxygen atoms in total. The summed E-state index contributed by atoms with van der Waals surface area (Å²) in [5.74, 6) is 4.60. The number of hydrogen-bond donors (Lipinski definition) is 0. The van der Waals surface area contributed by atoms with Crippen LogP contribution in [0.5, 0.6) is 0 Å². The van der Waals surface area contributed by atoms with E-state index in [-0.39, 0.29) is 0 Å². The van der Waals surface area contributed by atoms with E-state index in [0.29, 0.717) is 0 Å². The molecule has 0 amide bonds. The first kappa shape index (κ1) is 30.2. The van der Waals surface area contributed by atoms with Crippen LogP contribution in [0.4, 0.5) is 0 Å². The highest BCUT2D eigenvalue weighted by Gasteiger charge is 2.50. The van der Waals surface area contributed by atoms with Gasteiger partial charge >= 0.3 is 0 Å². The van der Waals surface area contributed by atoms with Crippen molar-refractivity contribution >= 4 is 8.07 Å². The van der Waals surface area contributed by atoms with Crippen molar-refractivity contribution in [1.82, 2.24) is 0 Å². The van der Waals surface area contributed by atoms with Crippen LogP contribution in [-0.2, 0) is 0 Å². The highest BCUT2D eigenvalue weighted by Crippen LogP contribution is 2.57. The lowest BCUT2D eigenvalue weighted by Gasteiger charge is -2.52. The van der Waals surface area contributed by atoms with Gasteiger partial charge < -0.3 is 0 Å². The molecule has 0 aromatic heterocycles. The van der Waals surface area contributed by atoms with Crippen LogP contribution in [0.2, 0.25) is 16.6 Å². The molecule has 39 heavy (non-hydrogen) atoms. The Morgan fingerprint density at radius 3 is 1.23 bits per heavy atom. The summed E-state index contributed by atoms with van der Waals surface area (Å²) in [5.41, 5.74) is 6.51. The van der Waals surface area contributed by atoms with E-state index in [9.17, 15) is 0 Å². The minimum Gasteiger partial charge on any atom is -0.0971 e. The Kier molecular flexibility index (Phi) is 11.8. The Balaban J connectivity index is 1.21. The molecule has 5 rings (SSSR count). The lowest BCUT2D eigenvalue weighted by molar-refractivity contribution is 0.230. The maximum atomic E-state index is 3.13. The fourth-order valence-corrected chi connectivity index (χ4v) is 18.2. The number of rotatable bonds is 9. The zero-order chi connectivity index (χ0) is 26.9. The van der Waals surface area contributed by atoms with Crippen LogP contribution in [0.1, 0.15) is 168 Å². The van der Waals surface area contributed by atoms with Gasteiger partial charge in [-0.25, -0.2) is 0 Å². The number of allylic oxidation sites excluding steroid dienone is 3. The topological polar surface area (TPSA) is 0 Å². The second kappa shape index (κ2) is 15.2. The Morgan fingerprint density at radius 2 is 0.846 bits per heavy atom. The minimum absolute atomic E-state index is 0.874. The molecule has 5 aliphatic rings. The standard InChI is InChI=1S/C38H66Si/c1-3-31(2)35-27-25-33(26-28-35)20-19-32-21-23-34(24-22-32)29-30-39(36-13-7-4-8-14-36,37-15-9-5-10-16-37)38-17-11-6-12-18-38/h19-20,29-38H,3-18,21-28H2,1-2H3. The van der Waals surface area contributed by atoms with Gasteiger partial charge in [0.15, 0.2) is 0 Å². The Bertz CT molecular complexity index is 685. The molecular weight excluding hydrogens is 485 g/mol. The van der Waals surface area contributed by atoms with E-state index in [0.717, 1.165) is 46.2 Å². The third-order valence-electron chi connectivity index (χ3n) is 13.3. The predicted octanol–water partition coefficient (Wildman–Crippen LogP) is 12.7. The van der Waals surface area contributed by atoms with E-state index < -0.39 is 8.07 Å². The molecule has 0 radical (unpaired) electrons. The van der Waals surface area contributed by atoms with Crippen molar-refractivity contribution in [2.24, 2.45) is 29.6 Å². The van der Waals surface area contributed by atoms with Gasteiger partial charge in [0.25, 0.3) is 0 Å². The summed E-state index contributed by atoms with van der Waals surface area (Å²) in [7, 11) is -1.44. The minimum atomic E-state index is -1.44. The Labute approximate surface area is 245 Å². The van der Waals surface area contributed by atoms with Crippen molar-refractivity contribution in [2.45, 2.75) is 185 Å². The quantitative estimate of drug-likeness (QED) is 0.198. The van der Waals surface area contributed by atoms with Crippen LogP contribution < -0.4 is 0 Å². The van der Waals surface area contributed by atoms with Crippen molar-refractivity contribution in [1.29, 1.82) is 0 Å². The van der Waals surface area contributed by atoms with Crippen LogP contribution in [0, 0.1) is 29.6 Å². The summed E-state index contributed by atoms with van der Waals surface area (Å²) in [6.45, 7) is 4.87. The van der Waals surface area contributed by atoms with Crippen LogP contribution in [0.3, 0.4) is 0 Å². The smallest absolute Gasteiger partial charge is 0.0866 e. The van der Waals surface area contributed by atoms with Gasteiger partial charge in [0.2, 0.25) is 0 Å². The molecule has 0 spiro atoms. The fraction of sp³-hybridized carbons (Fsp3) is 0.895. The zero-order valence-corrected chi connectivity index (χ0v) is 27.4. The van der Waals surface area contributed by atoms with E-state index in [1.54, 1.807) is 77.0 Å². The number of hydrogen-bond acceptors (Lipinski definition) is 0. The van der Waals surface area contributed by atoms with Crippen molar-refractivity contribution in [3.05, 3.63) is 23.9 Å². The molecule has 1 heteroatoms. The Morgan fingerprint density at radius 1 is 0.487 bits per heavy atom. The Hall–Kier alpha value is -0.303. The van der Waals surface area contributed by atoms with Gasteiger partial charge in [-0.1, -0.05) is 141 Å². The molecule has 0 N–H and O–H groups in total. The molecule has 5 fully saturated rings. The predicted molar refractivity (Wildman–Crippen MR) is 175 cm³/mol. The van der Waals surface area contributed by atoms with Gasteiger partial charge in [0, 0.05) is 0 Å². The van der Waals surface area contributed by atoms with Gasteiger partial charge in [-0.15, -0.1) is 0 Å². The van der Waals surface area contributed by atoms with E-state index in [1.165, 1.54) is 77.0 Å². The molecule has 1 atom stereocenters. The van der Waals surface area contributed by atoms with Crippen LogP contribution >= 0.6 is 0 Å². The largest absolute Gasteiger partial charge is 0.0971 e. The molecule has 0 aromatic carbocycles. The monoisotopic (exact) mass is 550 g/mol. The molecule has 0 bridgehead atoms. The van der Waals surface area contributed by atoms with Gasteiger partial charge in [0.05, 0.1) is 8.07 Å². The summed E-state index contributed by atoms with van der Waals surface area (Å²) >= 11 is 0. The molecule has 5 aliphatic carbocycles. The van der Waals surface area contributed by atoms with E-state index in [2.05, 4.69) is 37.8 Å². The maximum absolute atomic E-state index is 3.13. The summed E-state index contributed by atoms with van der Waals surface area (Å²) in [6.07, 6.45) is 44.8. The van der Waals surface area contributed by atoms with Crippen LogP contribution in [0.15, 0.2) is 23.9 Å². The first-order chi connectivity index (χ1) is 19.2. The van der Waals surface area contributed by atoms with Gasteiger partial charge in [-0.2, -0.15) is 0 Å². The molecule has 0 aromatic rings. The normalized spacial score (nSPS) is 34.1. The molecular formula is C38H66Si. The van der Waals surface area contributed by atoms with E-state index >= 15 is 0 Å². The second-order valence-electron chi connectivity index (χ2n) is 15.5. The van der Waals surface area contributed by atoms with Crippen molar-refractivity contribution in [3.8, 4) is 0 Å². The third-order valence-corrected chi connectivity index (χ3v) is 20.1. The third kappa shape index (κ3) is 7.76. The molecule has 0 saturated heterocycles. The molecule has 0 aliphatic heterocycles. The zero-order valence-electron chi connectivity index (χ0n) is 26.4. The second-order valence-corrected chi connectivity index (χ2v) is 20.3. The molecule has 1 unspecified atom stereocenters. The summed E-state index contributed by atoms with van der Waals surface area (Å²) in [5, 5.41) is 0. The highest BCUT2D eigenvalue weighted by atomic mass is 28.3. The average molecular weight is 551 g/mol. The summed E-state index contributed by atoms with van der Waals surface area (Å²) in [4.78, 5) is 0. The van der Waals surface area contributed by atoms with Crippen molar-refractivity contribution < 1.29 is 0 Å². The van der Waals surface area contributed by atoms with Crippen LogP contribution in [-0.4, -0.2) is 8.07 Å².